The van der Waals surface area contributed by atoms with Gasteiger partial charge in [-0.15, -0.1) is 0 Å². The fourth-order valence-corrected chi connectivity index (χ4v) is 3.30. The number of hydrogen-bond donors (Lipinski definition) is 2. The SMILES string of the molecule is CC(=O)c1ccc(NC(=O)CCNS(=O)(=O)c2ccc(Br)cc2)cc1. The van der Waals surface area contributed by atoms with Crippen LogP contribution < -0.4 is 10.0 Å². The van der Waals surface area contributed by atoms with Crippen LogP contribution in [-0.4, -0.2) is 26.7 Å². The summed E-state index contributed by atoms with van der Waals surface area (Å²) in [6, 6.07) is 12.7. The predicted molar refractivity (Wildman–Crippen MR) is 99.0 cm³/mol. The lowest BCUT2D eigenvalue weighted by atomic mass is 10.1. The number of benzene rings is 2. The maximum atomic E-state index is 12.1. The standard InChI is InChI=1S/C17H17BrN2O4S/c1-12(21)13-2-6-15(7-3-13)20-17(22)10-11-19-25(23,24)16-8-4-14(18)5-9-16/h2-9,19H,10-11H2,1H3,(H,20,22). The zero-order valence-corrected chi connectivity index (χ0v) is 15.9. The van der Waals surface area contributed by atoms with Crippen LogP contribution in [0.15, 0.2) is 57.9 Å². The van der Waals surface area contributed by atoms with Gasteiger partial charge in [0.15, 0.2) is 5.78 Å². The molecule has 1 amide bonds. The molecule has 0 fully saturated rings. The molecule has 0 heterocycles. The molecule has 6 nitrogen and oxygen atoms in total. The van der Waals surface area contributed by atoms with Gasteiger partial charge in [0.2, 0.25) is 15.9 Å². The molecule has 0 radical (unpaired) electrons. The van der Waals surface area contributed by atoms with Gasteiger partial charge in [-0.25, -0.2) is 13.1 Å². The van der Waals surface area contributed by atoms with Gasteiger partial charge in [0.05, 0.1) is 4.90 Å². The van der Waals surface area contributed by atoms with Gasteiger partial charge in [-0.2, -0.15) is 0 Å². The molecule has 0 unspecified atom stereocenters. The number of Topliss-reactive ketones (excluding diaryl/α,β-unsaturated/α-hetero) is 1. The van der Waals surface area contributed by atoms with E-state index in [1.54, 1.807) is 36.4 Å². The van der Waals surface area contributed by atoms with Crippen molar-refractivity contribution in [2.45, 2.75) is 18.2 Å². The van der Waals surface area contributed by atoms with Gasteiger partial charge in [0, 0.05) is 28.7 Å². The summed E-state index contributed by atoms with van der Waals surface area (Å²) >= 11 is 3.24. The van der Waals surface area contributed by atoms with Crippen LogP contribution in [0.25, 0.3) is 0 Å². The van der Waals surface area contributed by atoms with E-state index in [1.165, 1.54) is 19.1 Å². The summed E-state index contributed by atoms with van der Waals surface area (Å²) in [5, 5.41) is 2.65. The Hall–Kier alpha value is -2.03. The third kappa shape index (κ3) is 5.77. The van der Waals surface area contributed by atoms with Crippen LogP contribution in [0.1, 0.15) is 23.7 Å². The van der Waals surface area contributed by atoms with E-state index in [1.807, 2.05) is 0 Å². The Morgan fingerprint density at radius 2 is 1.60 bits per heavy atom. The largest absolute Gasteiger partial charge is 0.326 e. The minimum absolute atomic E-state index is 0.00970. The Morgan fingerprint density at radius 1 is 1.00 bits per heavy atom. The molecule has 2 aromatic rings. The van der Waals surface area contributed by atoms with E-state index in [0.29, 0.717) is 11.3 Å². The number of ketones is 1. The fraction of sp³-hybridized carbons (Fsp3) is 0.176. The topological polar surface area (TPSA) is 92.3 Å². The zero-order valence-electron chi connectivity index (χ0n) is 13.5. The third-order valence-electron chi connectivity index (χ3n) is 3.34. The number of sulfonamides is 1. The maximum Gasteiger partial charge on any atom is 0.240 e. The molecule has 2 N–H and O–H groups in total. The van der Waals surface area contributed by atoms with Crippen molar-refractivity contribution in [2.24, 2.45) is 0 Å². The van der Waals surface area contributed by atoms with Crippen molar-refractivity contribution in [1.29, 1.82) is 0 Å². The first kappa shape index (κ1) is 19.3. The quantitative estimate of drug-likeness (QED) is 0.668. The summed E-state index contributed by atoms with van der Waals surface area (Å²) in [4.78, 5) is 23.2. The number of nitrogens with one attached hydrogen (secondary N) is 2. The first-order valence-electron chi connectivity index (χ1n) is 7.44. The van der Waals surface area contributed by atoms with Crippen LogP contribution >= 0.6 is 15.9 Å². The van der Waals surface area contributed by atoms with Crippen molar-refractivity contribution in [2.75, 3.05) is 11.9 Å². The van der Waals surface area contributed by atoms with Gasteiger partial charge in [-0.05, 0) is 55.5 Å². The molecule has 25 heavy (non-hydrogen) atoms. The number of hydrogen-bond acceptors (Lipinski definition) is 4. The lowest BCUT2D eigenvalue weighted by Crippen LogP contribution is -2.27. The molecule has 0 saturated heterocycles. The lowest BCUT2D eigenvalue weighted by Gasteiger charge is -2.08. The van der Waals surface area contributed by atoms with E-state index < -0.39 is 10.0 Å². The molecule has 0 atom stereocenters. The van der Waals surface area contributed by atoms with Crippen molar-refractivity contribution < 1.29 is 18.0 Å². The van der Waals surface area contributed by atoms with Gasteiger partial charge in [-0.1, -0.05) is 15.9 Å². The van der Waals surface area contributed by atoms with Crippen LogP contribution in [0, 0.1) is 0 Å². The van der Waals surface area contributed by atoms with Gasteiger partial charge in [0.1, 0.15) is 0 Å². The Kier molecular flexibility index (Phi) is 6.46. The molecule has 0 aromatic heterocycles. The highest BCUT2D eigenvalue weighted by molar-refractivity contribution is 9.10. The van der Waals surface area contributed by atoms with Crippen LogP contribution in [0.3, 0.4) is 0 Å². The molecule has 2 rings (SSSR count). The highest BCUT2D eigenvalue weighted by atomic mass is 79.9. The average Bonchev–Trinajstić information content (AvgIpc) is 2.55. The van der Waals surface area contributed by atoms with Crippen molar-refractivity contribution in [3.63, 3.8) is 0 Å². The number of halogens is 1. The molecule has 8 heteroatoms. The molecule has 132 valence electrons. The van der Waals surface area contributed by atoms with Gasteiger partial charge in [0.25, 0.3) is 0 Å². The van der Waals surface area contributed by atoms with Gasteiger partial charge >= 0.3 is 0 Å². The molecule has 0 aliphatic carbocycles. The molecule has 0 saturated carbocycles. The summed E-state index contributed by atoms with van der Waals surface area (Å²) in [5.41, 5.74) is 1.10. The van der Waals surface area contributed by atoms with E-state index in [9.17, 15) is 18.0 Å². The first-order chi connectivity index (χ1) is 11.8. The summed E-state index contributed by atoms with van der Waals surface area (Å²) in [5.74, 6) is -0.380. The number of carbonyl (C=O) groups is 2. The zero-order chi connectivity index (χ0) is 18.4. The summed E-state index contributed by atoms with van der Waals surface area (Å²) < 4.78 is 27.4. The van der Waals surface area contributed by atoms with Crippen molar-refractivity contribution >= 4 is 43.3 Å². The number of amides is 1. The molecule has 0 aliphatic heterocycles. The van der Waals surface area contributed by atoms with Crippen molar-refractivity contribution in [1.82, 2.24) is 4.72 Å². The first-order valence-corrected chi connectivity index (χ1v) is 9.71. The second kappa shape index (κ2) is 8.37. The third-order valence-corrected chi connectivity index (χ3v) is 5.35. The smallest absolute Gasteiger partial charge is 0.240 e. The lowest BCUT2D eigenvalue weighted by molar-refractivity contribution is -0.116. The van der Waals surface area contributed by atoms with Gasteiger partial charge in [-0.3, -0.25) is 9.59 Å². The predicted octanol–water partition coefficient (Wildman–Crippen LogP) is 2.96. The Bertz CT molecular complexity index is 863. The van der Waals surface area contributed by atoms with Crippen LogP contribution in [0.5, 0.6) is 0 Å². The normalized spacial score (nSPS) is 11.1. The Labute approximate surface area is 154 Å². The molecule has 0 bridgehead atoms. The average molecular weight is 425 g/mol. The monoisotopic (exact) mass is 424 g/mol. The summed E-state index contributed by atoms with van der Waals surface area (Å²) in [7, 11) is -3.65. The van der Waals surface area contributed by atoms with Gasteiger partial charge < -0.3 is 5.32 Å². The van der Waals surface area contributed by atoms with Crippen LogP contribution in [0.2, 0.25) is 0 Å². The highest BCUT2D eigenvalue weighted by Crippen LogP contribution is 2.14. The number of carbonyl (C=O) groups excluding carboxylic acids is 2. The minimum Gasteiger partial charge on any atom is -0.326 e. The Balaban J connectivity index is 1.85. The molecule has 0 spiro atoms. The van der Waals surface area contributed by atoms with E-state index >= 15 is 0 Å². The maximum absolute atomic E-state index is 12.1. The van der Waals surface area contributed by atoms with Crippen molar-refractivity contribution in [3.05, 3.63) is 58.6 Å². The highest BCUT2D eigenvalue weighted by Gasteiger charge is 2.14. The van der Waals surface area contributed by atoms with Crippen LogP contribution in [0.4, 0.5) is 5.69 Å². The van der Waals surface area contributed by atoms with E-state index in [0.717, 1.165) is 4.47 Å². The second-order valence-electron chi connectivity index (χ2n) is 5.28. The fourth-order valence-electron chi connectivity index (χ4n) is 2.01. The van der Waals surface area contributed by atoms with Crippen LogP contribution in [-0.2, 0) is 14.8 Å². The Morgan fingerprint density at radius 3 is 2.16 bits per heavy atom. The van der Waals surface area contributed by atoms with Crippen molar-refractivity contribution in [3.8, 4) is 0 Å². The molecular weight excluding hydrogens is 408 g/mol. The van der Waals surface area contributed by atoms with E-state index in [4.69, 9.17) is 0 Å². The summed E-state index contributed by atoms with van der Waals surface area (Å²) in [6.45, 7) is 1.45. The molecular formula is C17H17BrN2O4S. The minimum atomic E-state index is -3.65. The molecule has 0 aliphatic rings. The number of anilines is 1. The molecule has 2 aromatic carbocycles. The second-order valence-corrected chi connectivity index (χ2v) is 7.97. The number of rotatable bonds is 7. The summed E-state index contributed by atoms with van der Waals surface area (Å²) in [6.07, 6.45) is -0.00970. The van der Waals surface area contributed by atoms with E-state index in [2.05, 4.69) is 26.0 Å². The van der Waals surface area contributed by atoms with E-state index in [-0.39, 0.29) is 29.6 Å².